The summed E-state index contributed by atoms with van der Waals surface area (Å²) in [7, 11) is 0. The third-order valence-electron chi connectivity index (χ3n) is 5.95. The van der Waals surface area contributed by atoms with Crippen LogP contribution in [0.25, 0.3) is 0 Å². The van der Waals surface area contributed by atoms with Crippen LogP contribution in [0, 0.1) is 11.8 Å². The van der Waals surface area contributed by atoms with Crippen molar-refractivity contribution in [1.82, 2.24) is 10.6 Å². The molecule has 0 aromatic heterocycles. The molecule has 5 nitrogen and oxygen atoms in total. The van der Waals surface area contributed by atoms with Crippen molar-refractivity contribution in [2.45, 2.75) is 64.1 Å². The fraction of sp³-hybridized carbons (Fsp3) is 0.667. The average molecular weight is 358 g/mol. The maximum Gasteiger partial charge on any atom is 0.220 e. The summed E-state index contributed by atoms with van der Waals surface area (Å²) in [6.45, 7) is 5.46. The van der Waals surface area contributed by atoms with E-state index >= 15 is 0 Å². The van der Waals surface area contributed by atoms with E-state index in [1.54, 1.807) is 0 Å². The molecule has 2 saturated heterocycles. The summed E-state index contributed by atoms with van der Waals surface area (Å²) >= 11 is 0. The number of hydrogen-bond acceptors (Lipinski definition) is 4. The van der Waals surface area contributed by atoms with Gasteiger partial charge in [-0.25, -0.2) is 0 Å². The van der Waals surface area contributed by atoms with Gasteiger partial charge < -0.3 is 20.1 Å². The van der Waals surface area contributed by atoms with Crippen LogP contribution in [0.1, 0.15) is 57.6 Å². The molecule has 3 aliphatic heterocycles. The SMILES string of the molecule is CC(C)C(NC(=O)CC1CC2CCC(C1)N2)c1ccc2c(c1)OCCO2. The molecule has 142 valence electrons. The Hall–Kier alpha value is -1.75. The number of piperidine rings is 1. The monoisotopic (exact) mass is 358 g/mol. The Morgan fingerprint density at radius 1 is 1.15 bits per heavy atom. The maximum absolute atomic E-state index is 12.7. The summed E-state index contributed by atoms with van der Waals surface area (Å²) in [5, 5.41) is 6.93. The first-order valence-electron chi connectivity index (χ1n) is 10.0. The van der Waals surface area contributed by atoms with E-state index in [0.29, 0.717) is 43.6 Å². The highest BCUT2D eigenvalue weighted by Crippen LogP contribution is 2.35. The summed E-state index contributed by atoms with van der Waals surface area (Å²) in [5.41, 5.74) is 1.09. The zero-order valence-corrected chi connectivity index (χ0v) is 15.8. The topological polar surface area (TPSA) is 59.6 Å². The highest BCUT2D eigenvalue weighted by Gasteiger charge is 2.34. The molecule has 1 aromatic rings. The molecule has 26 heavy (non-hydrogen) atoms. The van der Waals surface area contributed by atoms with Gasteiger partial charge in [0.2, 0.25) is 5.91 Å². The van der Waals surface area contributed by atoms with Crippen LogP contribution in [-0.2, 0) is 4.79 Å². The molecule has 0 aliphatic carbocycles. The van der Waals surface area contributed by atoms with Gasteiger partial charge in [-0.15, -0.1) is 0 Å². The summed E-state index contributed by atoms with van der Waals surface area (Å²) in [4.78, 5) is 12.7. The fourth-order valence-electron chi connectivity index (χ4n) is 4.72. The van der Waals surface area contributed by atoms with Gasteiger partial charge in [0.25, 0.3) is 0 Å². The molecule has 2 N–H and O–H groups in total. The lowest BCUT2D eigenvalue weighted by Crippen LogP contribution is -2.40. The lowest BCUT2D eigenvalue weighted by atomic mass is 9.89. The minimum atomic E-state index is -0.00300. The molecule has 3 aliphatic rings. The Bertz CT molecular complexity index is 649. The Labute approximate surface area is 155 Å². The van der Waals surface area contributed by atoms with E-state index in [-0.39, 0.29) is 11.9 Å². The highest BCUT2D eigenvalue weighted by molar-refractivity contribution is 5.76. The molecule has 1 aromatic carbocycles. The molecule has 2 bridgehead atoms. The fourth-order valence-corrected chi connectivity index (χ4v) is 4.72. The molecular weight excluding hydrogens is 328 g/mol. The Morgan fingerprint density at radius 2 is 1.85 bits per heavy atom. The van der Waals surface area contributed by atoms with Crippen molar-refractivity contribution in [2.24, 2.45) is 11.8 Å². The molecule has 2 fully saturated rings. The Kier molecular flexibility index (Phi) is 5.07. The van der Waals surface area contributed by atoms with Crippen LogP contribution in [0.3, 0.4) is 0 Å². The molecule has 3 atom stereocenters. The number of carbonyl (C=O) groups excluding carboxylic acids is 1. The predicted octanol–water partition coefficient (Wildman–Crippen LogP) is 3.19. The van der Waals surface area contributed by atoms with Gasteiger partial charge in [0.15, 0.2) is 11.5 Å². The second kappa shape index (κ2) is 7.47. The van der Waals surface area contributed by atoms with Crippen molar-refractivity contribution >= 4 is 5.91 Å². The number of amides is 1. The zero-order chi connectivity index (χ0) is 18.1. The first-order valence-corrected chi connectivity index (χ1v) is 10.0. The summed E-state index contributed by atoms with van der Waals surface area (Å²) in [6, 6.07) is 7.27. The number of rotatable bonds is 5. The summed E-state index contributed by atoms with van der Waals surface area (Å²) < 4.78 is 11.3. The predicted molar refractivity (Wildman–Crippen MR) is 100 cm³/mol. The second-order valence-corrected chi connectivity index (χ2v) is 8.37. The second-order valence-electron chi connectivity index (χ2n) is 8.37. The van der Waals surface area contributed by atoms with E-state index in [1.807, 2.05) is 18.2 Å². The Morgan fingerprint density at radius 3 is 2.54 bits per heavy atom. The number of ether oxygens (including phenoxy) is 2. The van der Waals surface area contributed by atoms with Crippen molar-refractivity contribution in [2.75, 3.05) is 13.2 Å². The highest BCUT2D eigenvalue weighted by atomic mass is 16.6. The van der Waals surface area contributed by atoms with Crippen molar-refractivity contribution in [1.29, 1.82) is 0 Å². The van der Waals surface area contributed by atoms with E-state index in [2.05, 4.69) is 24.5 Å². The van der Waals surface area contributed by atoms with Gasteiger partial charge in [-0.3, -0.25) is 4.79 Å². The van der Waals surface area contributed by atoms with Gasteiger partial charge in [-0.05, 0) is 55.2 Å². The van der Waals surface area contributed by atoms with Gasteiger partial charge in [-0.2, -0.15) is 0 Å². The first-order chi connectivity index (χ1) is 12.6. The van der Waals surface area contributed by atoms with E-state index in [9.17, 15) is 4.79 Å². The van der Waals surface area contributed by atoms with Crippen LogP contribution in [0.2, 0.25) is 0 Å². The Balaban J connectivity index is 1.41. The van der Waals surface area contributed by atoms with E-state index in [0.717, 1.165) is 29.9 Å². The van der Waals surface area contributed by atoms with Crippen LogP contribution >= 0.6 is 0 Å². The standard InChI is InChI=1S/C21H30N2O3/c1-13(2)21(15-3-6-18-19(12-15)26-8-7-25-18)23-20(24)11-14-9-16-4-5-17(10-14)22-16/h3,6,12-14,16-17,21-22H,4-5,7-11H2,1-2H3,(H,23,24). The van der Waals surface area contributed by atoms with Crippen LogP contribution in [-0.4, -0.2) is 31.2 Å². The van der Waals surface area contributed by atoms with E-state index in [1.165, 1.54) is 12.8 Å². The molecule has 0 saturated carbocycles. The van der Waals surface area contributed by atoms with Crippen LogP contribution in [0.5, 0.6) is 11.5 Å². The smallest absolute Gasteiger partial charge is 0.220 e. The molecule has 0 radical (unpaired) electrons. The summed E-state index contributed by atoms with van der Waals surface area (Å²) in [5.74, 6) is 2.57. The molecule has 5 heteroatoms. The first kappa shape index (κ1) is 17.7. The normalized spacial score (nSPS) is 28.0. The molecule has 3 unspecified atom stereocenters. The molecule has 1 amide bonds. The van der Waals surface area contributed by atoms with Gasteiger partial charge >= 0.3 is 0 Å². The largest absolute Gasteiger partial charge is 0.486 e. The van der Waals surface area contributed by atoms with Crippen molar-refractivity contribution < 1.29 is 14.3 Å². The van der Waals surface area contributed by atoms with Gasteiger partial charge in [0.05, 0.1) is 6.04 Å². The minimum Gasteiger partial charge on any atom is -0.486 e. The van der Waals surface area contributed by atoms with Crippen LogP contribution < -0.4 is 20.1 Å². The van der Waals surface area contributed by atoms with Gasteiger partial charge in [-0.1, -0.05) is 19.9 Å². The molecule has 3 heterocycles. The lowest BCUT2D eigenvalue weighted by Gasteiger charge is -2.30. The number of nitrogens with one attached hydrogen (secondary N) is 2. The van der Waals surface area contributed by atoms with E-state index < -0.39 is 0 Å². The summed E-state index contributed by atoms with van der Waals surface area (Å²) in [6.07, 6.45) is 5.46. The number of benzene rings is 1. The number of fused-ring (bicyclic) bond motifs is 3. The molecule has 4 rings (SSSR count). The minimum absolute atomic E-state index is 0.00300. The van der Waals surface area contributed by atoms with Crippen molar-refractivity contribution in [3.8, 4) is 11.5 Å². The third kappa shape index (κ3) is 3.83. The third-order valence-corrected chi connectivity index (χ3v) is 5.95. The number of hydrogen-bond donors (Lipinski definition) is 2. The maximum atomic E-state index is 12.7. The average Bonchev–Trinajstić information content (AvgIpc) is 2.97. The quantitative estimate of drug-likeness (QED) is 0.849. The molecular formula is C21H30N2O3. The zero-order valence-electron chi connectivity index (χ0n) is 15.8. The van der Waals surface area contributed by atoms with Gasteiger partial charge in [0, 0.05) is 18.5 Å². The van der Waals surface area contributed by atoms with Crippen LogP contribution in [0.4, 0.5) is 0 Å². The van der Waals surface area contributed by atoms with Crippen molar-refractivity contribution in [3.05, 3.63) is 23.8 Å². The van der Waals surface area contributed by atoms with E-state index in [4.69, 9.17) is 9.47 Å². The van der Waals surface area contributed by atoms with Gasteiger partial charge in [0.1, 0.15) is 13.2 Å². The molecule has 0 spiro atoms. The number of carbonyl (C=O) groups is 1. The van der Waals surface area contributed by atoms with Crippen molar-refractivity contribution in [3.63, 3.8) is 0 Å². The van der Waals surface area contributed by atoms with Crippen LogP contribution in [0.15, 0.2) is 18.2 Å². The lowest BCUT2D eigenvalue weighted by molar-refractivity contribution is -0.123.